The summed E-state index contributed by atoms with van der Waals surface area (Å²) in [7, 11) is 0. The van der Waals surface area contributed by atoms with E-state index in [0.717, 1.165) is 18.4 Å². The Balaban J connectivity index is 1.58. The summed E-state index contributed by atoms with van der Waals surface area (Å²) < 4.78 is 5.53. The average Bonchev–Trinajstić information content (AvgIpc) is 3.34. The van der Waals surface area contributed by atoms with E-state index >= 15 is 0 Å². The van der Waals surface area contributed by atoms with Crippen LogP contribution in [0.4, 0.5) is 0 Å². The Kier molecular flexibility index (Phi) is 4.73. The fourth-order valence-electron chi connectivity index (χ4n) is 3.56. The molecule has 0 bridgehead atoms. The minimum absolute atomic E-state index is 0.164. The standard InChI is InChI=1S/C22H24N4O2/c1-3-22(2,25-19(27)14-7-5-4-6-8-14)21-24-20(28-26-21)16-10-9-15-12-18(23)13-17(15)11-16/h4-11,18H,3,12-13,23H2,1-2H3,(H,25,27). The first kappa shape index (κ1) is 18.4. The summed E-state index contributed by atoms with van der Waals surface area (Å²) in [4.78, 5) is 17.2. The molecule has 6 heteroatoms. The van der Waals surface area contributed by atoms with E-state index in [0.29, 0.717) is 23.7 Å². The molecule has 1 amide bonds. The van der Waals surface area contributed by atoms with E-state index in [2.05, 4.69) is 27.6 Å². The van der Waals surface area contributed by atoms with Crippen molar-refractivity contribution in [1.29, 1.82) is 0 Å². The molecule has 6 nitrogen and oxygen atoms in total. The molecule has 1 aliphatic rings. The van der Waals surface area contributed by atoms with Gasteiger partial charge in [0.2, 0.25) is 0 Å². The summed E-state index contributed by atoms with van der Waals surface area (Å²) in [6.45, 7) is 3.89. The Morgan fingerprint density at radius 2 is 1.96 bits per heavy atom. The summed E-state index contributed by atoms with van der Waals surface area (Å²) in [5, 5.41) is 7.21. The third kappa shape index (κ3) is 3.43. The molecular formula is C22H24N4O2. The zero-order chi connectivity index (χ0) is 19.7. The molecule has 1 aliphatic carbocycles. The predicted molar refractivity (Wildman–Crippen MR) is 107 cm³/mol. The number of nitrogens with zero attached hydrogens (tertiary/aromatic N) is 2. The van der Waals surface area contributed by atoms with Crippen LogP contribution in [0.25, 0.3) is 11.5 Å². The normalized spacial score (nSPS) is 17.8. The van der Waals surface area contributed by atoms with E-state index in [4.69, 9.17) is 10.3 Å². The first-order chi connectivity index (χ1) is 13.5. The molecule has 3 N–H and O–H groups in total. The number of carbonyl (C=O) groups is 1. The van der Waals surface area contributed by atoms with E-state index in [-0.39, 0.29) is 11.9 Å². The fourth-order valence-corrected chi connectivity index (χ4v) is 3.56. The highest BCUT2D eigenvalue weighted by atomic mass is 16.5. The van der Waals surface area contributed by atoms with Gasteiger partial charge in [-0.05, 0) is 61.6 Å². The van der Waals surface area contributed by atoms with Crippen LogP contribution in [0.3, 0.4) is 0 Å². The van der Waals surface area contributed by atoms with Crippen LogP contribution < -0.4 is 11.1 Å². The minimum Gasteiger partial charge on any atom is -0.339 e. The molecule has 0 fully saturated rings. The van der Waals surface area contributed by atoms with E-state index in [1.165, 1.54) is 11.1 Å². The van der Waals surface area contributed by atoms with E-state index in [1.54, 1.807) is 12.1 Å². The highest BCUT2D eigenvalue weighted by Gasteiger charge is 2.33. The van der Waals surface area contributed by atoms with Crippen LogP contribution in [-0.2, 0) is 18.4 Å². The van der Waals surface area contributed by atoms with Gasteiger partial charge in [-0.3, -0.25) is 4.79 Å². The van der Waals surface area contributed by atoms with Crippen LogP contribution >= 0.6 is 0 Å². The number of aromatic nitrogens is 2. The van der Waals surface area contributed by atoms with Crippen molar-refractivity contribution in [2.75, 3.05) is 0 Å². The Morgan fingerprint density at radius 1 is 1.21 bits per heavy atom. The summed E-state index contributed by atoms with van der Waals surface area (Å²) in [5.41, 5.74) is 9.32. The van der Waals surface area contributed by atoms with Crippen LogP contribution in [-0.4, -0.2) is 22.1 Å². The lowest BCUT2D eigenvalue weighted by Crippen LogP contribution is -2.43. The molecule has 1 aromatic heterocycles. The number of nitrogens with two attached hydrogens (primary N) is 1. The summed E-state index contributed by atoms with van der Waals surface area (Å²) in [6, 6.07) is 15.4. The highest BCUT2D eigenvalue weighted by molar-refractivity contribution is 5.94. The Labute approximate surface area is 164 Å². The zero-order valence-corrected chi connectivity index (χ0v) is 16.1. The Bertz CT molecular complexity index is 999. The molecule has 2 atom stereocenters. The largest absolute Gasteiger partial charge is 0.339 e. The first-order valence-electron chi connectivity index (χ1n) is 9.58. The molecule has 4 rings (SSSR count). The molecule has 0 saturated carbocycles. The molecule has 28 heavy (non-hydrogen) atoms. The lowest BCUT2D eigenvalue weighted by molar-refractivity contribution is 0.0896. The molecule has 3 aromatic rings. The van der Waals surface area contributed by atoms with Crippen molar-refractivity contribution >= 4 is 5.91 Å². The second kappa shape index (κ2) is 7.20. The van der Waals surface area contributed by atoms with E-state index in [1.807, 2.05) is 38.1 Å². The van der Waals surface area contributed by atoms with Crippen LogP contribution in [0.5, 0.6) is 0 Å². The number of rotatable bonds is 5. The second-order valence-corrected chi connectivity index (χ2v) is 7.58. The van der Waals surface area contributed by atoms with E-state index in [9.17, 15) is 4.79 Å². The predicted octanol–water partition coefficient (Wildman–Crippen LogP) is 3.22. The molecule has 0 aliphatic heterocycles. The fraction of sp³-hybridized carbons (Fsp3) is 0.318. The van der Waals surface area contributed by atoms with Crippen molar-refractivity contribution < 1.29 is 9.32 Å². The third-order valence-electron chi connectivity index (χ3n) is 5.47. The number of hydrogen-bond acceptors (Lipinski definition) is 5. The third-order valence-corrected chi connectivity index (χ3v) is 5.47. The molecular weight excluding hydrogens is 352 g/mol. The number of amides is 1. The van der Waals surface area contributed by atoms with Crippen LogP contribution in [0.2, 0.25) is 0 Å². The lowest BCUT2D eigenvalue weighted by atomic mass is 9.97. The lowest BCUT2D eigenvalue weighted by Gasteiger charge is -2.26. The summed E-state index contributed by atoms with van der Waals surface area (Å²) >= 11 is 0. The van der Waals surface area contributed by atoms with Crippen molar-refractivity contribution in [2.24, 2.45) is 5.73 Å². The van der Waals surface area contributed by atoms with E-state index < -0.39 is 5.54 Å². The molecule has 144 valence electrons. The number of fused-ring (bicyclic) bond motifs is 1. The maximum atomic E-state index is 12.6. The van der Waals surface area contributed by atoms with Gasteiger partial charge in [0.25, 0.3) is 11.8 Å². The van der Waals surface area contributed by atoms with Crippen molar-refractivity contribution in [3.63, 3.8) is 0 Å². The average molecular weight is 376 g/mol. The monoisotopic (exact) mass is 376 g/mol. The first-order valence-corrected chi connectivity index (χ1v) is 9.58. The SMILES string of the molecule is CCC(C)(NC(=O)c1ccccc1)c1noc(-c2ccc3c(c2)CC(N)C3)n1. The molecule has 0 radical (unpaired) electrons. The molecule has 2 unspecified atom stereocenters. The van der Waals surface area contributed by atoms with Crippen molar-refractivity contribution in [1.82, 2.24) is 15.5 Å². The van der Waals surface area contributed by atoms with Gasteiger partial charge in [-0.25, -0.2) is 0 Å². The van der Waals surface area contributed by atoms with Gasteiger partial charge in [0, 0.05) is 17.2 Å². The van der Waals surface area contributed by atoms with Crippen molar-refractivity contribution in [3.05, 3.63) is 71.0 Å². The molecule has 1 heterocycles. The van der Waals surface area contributed by atoms with Crippen LogP contribution in [0.1, 0.15) is 47.6 Å². The topological polar surface area (TPSA) is 94.0 Å². The quantitative estimate of drug-likeness (QED) is 0.713. The highest BCUT2D eigenvalue weighted by Crippen LogP contribution is 2.29. The van der Waals surface area contributed by atoms with Gasteiger partial charge >= 0.3 is 0 Å². The zero-order valence-electron chi connectivity index (χ0n) is 16.1. The second-order valence-electron chi connectivity index (χ2n) is 7.58. The number of nitrogens with one attached hydrogen (secondary N) is 1. The van der Waals surface area contributed by atoms with Crippen molar-refractivity contribution in [3.8, 4) is 11.5 Å². The number of benzene rings is 2. The Hall–Kier alpha value is -2.99. The van der Waals surface area contributed by atoms with Gasteiger partial charge in [-0.15, -0.1) is 0 Å². The molecule has 2 aromatic carbocycles. The summed E-state index contributed by atoms with van der Waals surface area (Å²) in [5.74, 6) is 0.751. The maximum absolute atomic E-state index is 12.6. The van der Waals surface area contributed by atoms with Gasteiger partial charge in [0.15, 0.2) is 5.82 Å². The number of hydrogen-bond donors (Lipinski definition) is 2. The van der Waals surface area contributed by atoms with Gasteiger partial charge in [-0.1, -0.05) is 36.3 Å². The van der Waals surface area contributed by atoms with Gasteiger partial charge in [0.05, 0.1) is 0 Å². The van der Waals surface area contributed by atoms with Crippen LogP contribution in [0.15, 0.2) is 53.1 Å². The van der Waals surface area contributed by atoms with Gasteiger partial charge in [0.1, 0.15) is 5.54 Å². The van der Waals surface area contributed by atoms with Crippen LogP contribution in [0, 0.1) is 0 Å². The Morgan fingerprint density at radius 3 is 2.71 bits per heavy atom. The van der Waals surface area contributed by atoms with Crippen molar-refractivity contribution in [2.45, 2.75) is 44.7 Å². The maximum Gasteiger partial charge on any atom is 0.258 e. The van der Waals surface area contributed by atoms with Gasteiger partial charge in [-0.2, -0.15) is 4.98 Å². The molecule has 0 saturated heterocycles. The molecule has 0 spiro atoms. The summed E-state index contributed by atoms with van der Waals surface area (Å²) in [6.07, 6.45) is 2.40. The minimum atomic E-state index is -0.728. The number of carbonyl (C=O) groups excluding carboxylic acids is 1. The van der Waals surface area contributed by atoms with Gasteiger partial charge < -0.3 is 15.6 Å². The smallest absolute Gasteiger partial charge is 0.258 e.